The summed E-state index contributed by atoms with van der Waals surface area (Å²) in [6.07, 6.45) is 0. The summed E-state index contributed by atoms with van der Waals surface area (Å²) in [7, 11) is 1.45. The molecule has 13 heavy (non-hydrogen) atoms. The van der Waals surface area contributed by atoms with Crippen molar-refractivity contribution in [1.82, 2.24) is 10.6 Å². The topological polar surface area (TPSA) is 58.2 Å². The second-order valence-corrected chi connectivity index (χ2v) is 3.28. The van der Waals surface area contributed by atoms with E-state index in [1.807, 2.05) is 0 Å². The van der Waals surface area contributed by atoms with Crippen molar-refractivity contribution in [2.75, 3.05) is 7.05 Å². The molecular formula is C8H15FN2O2. The predicted octanol–water partition coefficient (Wildman–Crippen LogP) is -0.0148. The average molecular weight is 190 g/mol. The second-order valence-electron chi connectivity index (χ2n) is 3.28. The zero-order valence-electron chi connectivity index (χ0n) is 8.27. The van der Waals surface area contributed by atoms with Crippen molar-refractivity contribution in [1.29, 1.82) is 0 Å². The lowest BCUT2D eigenvalue weighted by molar-refractivity contribution is -0.134. The fourth-order valence-electron chi connectivity index (χ4n) is 0.650. The van der Waals surface area contributed by atoms with Crippen LogP contribution in [0.3, 0.4) is 0 Å². The minimum atomic E-state index is -1.96. The molecule has 4 nitrogen and oxygen atoms in total. The number of carbonyl (C=O) groups excluding carboxylic acids is 2. The summed E-state index contributed by atoms with van der Waals surface area (Å²) >= 11 is 0. The summed E-state index contributed by atoms with van der Waals surface area (Å²) in [5.74, 6) is -1.14. The van der Waals surface area contributed by atoms with Gasteiger partial charge >= 0.3 is 0 Å². The molecule has 0 saturated carbocycles. The second kappa shape index (κ2) is 4.20. The maximum Gasteiger partial charge on any atom is 0.257 e. The quantitative estimate of drug-likeness (QED) is 0.657. The number of hydrogen-bond donors (Lipinski definition) is 2. The van der Waals surface area contributed by atoms with Crippen LogP contribution in [0.1, 0.15) is 20.8 Å². The summed E-state index contributed by atoms with van der Waals surface area (Å²) in [6, 6.07) is -0.715. The van der Waals surface area contributed by atoms with Crippen LogP contribution < -0.4 is 10.6 Å². The minimum Gasteiger partial charge on any atom is -0.357 e. The Bertz CT molecular complexity index is 211. The van der Waals surface area contributed by atoms with E-state index in [0.717, 1.165) is 13.8 Å². The average Bonchev–Trinajstić information content (AvgIpc) is 2.01. The van der Waals surface area contributed by atoms with Crippen LogP contribution in [0.15, 0.2) is 0 Å². The standard InChI is InChI=1S/C8H15FN2O2/c1-5(6(12)10-4)11-7(13)8(2,3)9/h5H,1-4H3,(H,10,12)(H,11,13)/t5-/m1/s1. The number of nitrogens with one attached hydrogen (secondary N) is 2. The van der Waals surface area contributed by atoms with Gasteiger partial charge in [0, 0.05) is 7.05 Å². The zero-order valence-corrected chi connectivity index (χ0v) is 8.27. The first-order valence-electron chi connectivity index (χ1n) is 4.00. The molecule has 0 heterocycles. The number of rotatable bonds is 3. The molecule has 0 rings (SSSR count). The lowest BCUT2D eigenvalue weighted by Crippen LogP contribution is -2.49. The van der Waals surface area contributed by atoms with E-state index < -0.39 is 17.6 Å². The first-order valence-corrected chi connectivity index (χ1v) is 4.00. The Kier molecular flexibility index (Phi) is 3.84. The maximum atomic E-state index is 13.0. The van der Waals surface area contributed by atoms with Crippen LogP contribution in [0.5, 0.6) is 0 Å². The molecule has 0 aliphatic carbocycles. The Balaban J connectivity index is 4.15. The highest BCUT2D eigenvalue weighted by atomic mass is 19.1. The van der Waals surface area contributed by atoms with Gasteiger partial charge in [0.25, 0.3) is 5.91 Å². The van der Waals surface area contributed by atoms with E-state index in [0.29, 0.717) is 0 Å². The fraction of sp³-hybridized carbons (Fsp3) is 0.750. The highest BCUT2D eigenvalue weighted by Crippen LogP contribution is 2.07. The molecule has 0 saturated heterocycles. The Hall–Kier alpha value is -1.13. The molecule has 76 valence electrons. The number of hydrogen-bond acceptors (Lipinski definition) is 2. The summed E-state index contributed by atoms with van der Waals surface area (Å²) in [6.45, 7) is 3.76. The van der Waals surface area contributed by atoms with Crippen LogP contribution in [0.25, 0.3) is 0 Å². The van der Waals surface area contributed by atoms with Gasteiger partial charge in [-0.2, -0.15) is 0 Å². The van der Waals surface area contributed by atoms with Crippen LogP contribution in [0.4, 0.5) is 4.39 Å². The molecule has 0 aliphatic heterocycles. The molecule has 2 N–H and O–H groups in total. The largest absolute Gasteiger partial charge is 0.357 e. The molecule has 0 fully saturated rings. The molecule has 0 radical (unpaired) electrons. The van der Waals surface area contributed by atoms with Crippen LogP contribution in [-0.4, -0.2) is 30.6 Å². The fourth-order valence-corrected chi connectivity index (χ4v) is 0.650. The Morgan fingerprint density at radius 2 is 1.85 bits per heavy atom. The van der Waals surface area contributed by atoms with Gasteiger partial charge in [0.1, 0.15) is 6.04 Å². The molecule has 0 aliphatic rings. The number of halogens is 1. The van der Waals surface area contributed by atoms with Crippen molar-refractivity contribution in [2.45, 2.75) is 32.5 Å². The molecule has 0 spiro atoms. The third kappa shape index (κ3) is 3.87. The van der Waals surface area contributed by atoms with Crippen LogP contribution in [0, 0.1) is 0 Å². The van der Waals surface area contributed by atoms with Crippen molar-refractivity contribution in [3.63, 3.8) is 0 Å². The summed E-state index contributed by atoms with van der Waals surface area (Å²) in [5, 5.41) is 4.59. The van der Waals surface area contributed by atoms with E-state index in [2.05, 4.69) is 10.6 Å². The highest BCUT2D eigenvalue weighted by Gasteiger charge is 2.28. The normalized spacial score (nSPS) is 13.3. The lowest BCUT2D eigenvalue weighted by Gasteiger charge is -2.17. The van der Waals surface area contributed by atoms with Gasteiger partial charge in [0.05, 0.1) is 0 Å². The van der Waals surface area contributed by atoms with Gasteiger partial charge in [-0.3, -0.25) is 9.59 Å². The van der Waals surface area contributed by atoms with E-state index >= 15 is 0 Å². The van der Waals surface area contributed by atoms with E-state index in [9.17, 15) is 14.0 Å². The van der Waals surface area contributed by atoms with E-state index in [-0.39, 0.29) is 5.91 Å². The predicted molar refractivity (Wildman–Crippen MR) is 46.9 cm³/mol. The van der Waals surface area contributed by atoms with Crippen molar-refractivity contribution >= 4 is 11.8 Å². The van der Waals surface area contributed by atoms with Crippen LogP contribution >= 0.6 is 0 Å². The Labute approximate surface area is 76.9 Å². The van der Waals surface area contributed by atoms with Gasteiger partial charge in [-0.15, -0.1) is 0 Å². The van der Waals surface area contributed by atoms with Gasteiger partial charge < -0.3 is 10.6 Å². The molecule has 0 bridgehead atoms. The van der Waals surface area contributed by atoms with Crippen LogP contribution in [-0.2, 0) is 9.59 Å². The molecule has 5 heteroatoms. The minimum absolute atomic E-state index is 0.349. The highest BCUT2D eigenvalue weighted by molar-refractivity contribution is 5.90. The summed E-state index contributed by atoms with van der Waals surface area (Å²) < 4.78 is 13.0. The number of alkyl halides is 1. The third-order valence-corrected chi connectivity index (χ3v) is 1.53. The van der Waals surface area contributed by atoms with Gasteiger partial charge in [-0.1, -0.05) is 0 Å². The number of amides is 2. The molecule has 1 atom stereocenters. The first kappa shape index (κ1) is 11.9. The number of carbonyl (C=O) groups is 2. The molecule has 0 aromatic rings. The first-order chi connectivity index (χ1) is 5.79. The molecule has 0 unspecified atom stereocenters. The number of likely N-dealkylation sites (N-methyl/N-ethyl adjacent to an activating group) is 1. The lowest BCUT2D eigenvalue weighted by atomic mass is 10.1. The van der Waals surface area contributed by atoms with Gasteiger partial charge in [0.15, 0.2) is 5.67 Å². The van der Waals surface area contributed by atoms with Crippen molar-refractivity contribution < 1.29 is 14.0 Å². The monoisotopic (exact) mass is 190 g/mol. The van der Waals surface area contributed by atoms with Crippen molar-refractivity contribution in [3.8, 4) is 0 Å². The summed E-state index contributed by atoms with van der Waals surface area (Å²) in [4.78, 5) is 22.0. The molecular weight excluding hydrogens is 175 g/mol. The van der Waals surface area contributed by atoms with Gasteiger partial charge in [-0.25, -0.2) is 4.39 Å². The maximum absolute atomic E-state index is 13.0. The van der Waals surface area contributed by atoms with E-state index in [1.165, 1.54) is 14.0 Å². The SMILES string of the molecule is CNC(=O)[C@@H](C)NC(=O)C(C)(C)F. The van der Waals surface area contributed by atoms with Gasteiger partial charge in [0.2, 0.25) is 5.91 Å². The van der Waals surface area contributed by atoms with E-state index in [1.54, 1.807) is 0 Å². The van der Waals surface area contributed by atoms with E-state index in [4.69, 9.17) is 0 Å². The van der Waals surface area contributed by atoms with Crippen molar-refractivity contribution in [2.24, 2.45) is 0 Å². The molecule has 0 aromatic heterocycles. The Morgan fingerprint density at radius 3 is 2.15 bits per heavy atom. The third-order valence-electron chi connectivity index (χ3n) is 1.53. The molecule has 0 aromatic carbocycles. The Morgan fingerprint density at radius 1 is 1.38 bits per heavy atom. The van der Waals surface area contributed by atoms with Crippen LogP contribution in [0.2, 0.25) is 0 Å². The smallest absolute Gasteiger partial charge is 0.257 e. The zero-order chi connectivity index (χ0) is 10.6. The molecule has 2 amide bonds. The van der Waals surface area contributed by atoms with Gasteiger partial charge in [-0.05, 0) is 20.8 Å². The summed E-state index contributed by atoms with van der Waals surface area (Å²) in [5.41, 5.74) is -1.96. The van der Waals surface area contributed by atoms with Crippen molar-refractivity contribution in [3.05, 3.63) is 0 Å².